The van der Waals surface area contributed by atoms with Gasteiger partial charge in [0.1, 0.15) is 5.82 Å². The standard InChI is InChI=1S/C28H29FN4O5S/c1-17-12-22(27(35)30-15-20(34)16-33-8-10-39(37,38)11-9-33)25(31-17)14-23-26-21(18-4-2-5-19(29)13-18)6-3-7-24(26)32-28(23)36/h2-7,12-14,20,31,34H,8-11,15-16H2,1H3,(H,30,35)(H,32,36). The van der Waals surface area contributed by atoms with Gasteiger partial charge in [-0.1, -0.05) is 24.3 Å². The number of aromatic nitrogens is 1. The molecule has 5 rings (SSSR count). The Hall–Kier alpha value is -3.80. The number of H-pyrrole nitrogens is 1. The molecule has 2 amide bonds. The normalized spacial score (nSPS) is 18.5. The van der Waals surface area contributed by atoms with Crippen LogP contribution in [0.25, 0.3) is 22.8 Å². The Kier molecular flexibility index (Phi) is 7.39. The number of halogens is 1. The number of carbonyl (C=O) groups excluding carboxylic acids is 2. The molecule has 204 valence electrons. The summed E-state index contributed by atoms with van der Waals surface area (Å²) in [5.74, 6) is -1.04. The second-order valence-electron chi connectivity index (χ2n) is 9.85. The van der Waals surface area contributed by atoms with Gasteiger partial charge in [-0.3, -0.25) is 14.5 Å². The lowest BCUT2D eigenvalue weighted by atomic mass is 9.94. The van der Waals surface area contributed by atoms with Gasteiger partial charge in [-0.05, 0) is 48.4 Å². The predicted octanol–water partition coefficient (Wildman–Crippen LogP) is 2.44. The largest absolute Gasteiger partial charge is 0.390 e. The van der Waals surface area contributed by atoms with Crippen molar-refractivity contribution in [2.45, 2.75) is 13.0 Å². The number of hydrogen-bond donors (Lipinski definition) is 4. The predicted molar refractivity (Wildman–Crippen MR) is 147 cm³/mol. The molecule has 39 heavy (non-hydrogen) atoms. The molecule has 0 saturated carbocycles. The number of aromatic amines is 1. The van der Waals surface area contributed by atoms with Gasteiger partial charge >= 0.3 is 0 Å². The fourth-order valence-electron chi connectivity index (χ4n) is 4.94. The van der Waals surface area contributed by atoms with Crippen molar-refractivity contribution < 1.29 is 27.5 Å². The summed E-state index contributed by atoms with van der Waals surface area (Å²) < 4.78 is 37.2. The van der Waals surface area contributed by atoms with Crippen LogP contribution in [0.5, 0.6) is 0 Å². The van der Waals surface area contributed by atoms with E-state index in [-0.39, 0.29) is 36.3 Å². The first-order chi connectivity index (χ1) is 18.6. The van der Waals surface area contributed by atoms with Crippen molar-refractivity contribution in [3.63, 3.8) is 0 Å². The van der Waals surface area contributed by atoms with E-state index in [0.717, 1.165) is 0 Å². The van der Waals surface area contributed by atoms with Gasteiger partial charge in [-0.25, -0.2) is 12.8 Å². The van der Waals surface area contributed by atoms with Crippen molar-refractivity contribution in [3.8, 4) is 11.1 Å². The van der Waals surface area contributed by atoms with Gasteiger partial charge in [0.05, 0.1) is 34.4 Å². The highest BCUT2D eigenvalue weighted by Crippen LogP contribution is 2.40. The first-order valence-electron chi connectivity index (χ1n) is 12.6. The molecule has 1 saturated heterocycles. The Bertz CT molecular complexity index is 1570. The topological polar surface area (TPSA) is 132 Å². The summed E-state index contributed by atoms with van der Waals surface area (Å²) in [7, 11) is -3.02. The summed E-state index contributed by atoms with van der Waals surface area (Å²) >= 11 is 0. The fourth-order valence-corrected chi connectivity index (χ4v) is 6.22. The third-order valence-corrected chi connectivity index (χ3v) is 8.49. The average molecular weight is 553 g/mol. The van der Waals surface area contributed by atoms with E-state index in [1.54, 1.807) is 43.3 Å². The number of aliphatic hydroxyl groups excluding tert-OH is 1. The Labute approximate surface area is 225 Å². The van der Waals surface area contributed by atoms with E-state index in [1.165, 1.54) is 12.1 Å². The number of hydrogen-bond acceptors (Lipinski definition) is 6. The van der Waals surface area contributed by atoms with E-state index in [9.17, 15) is 27.5 Å². The number of fused-ring (bicyclic) bond motifs is 1. The molecule has 0 bridgehead atoms. The molecule has 2 aliphatic rings. The zero-order chi connectivity index (χ0) is 27.7. The molecule has 3 heterocycles. The molecule has 1 aromatic heterocycles. The van der Waals surface area contributed by atoms with Crippen molar-refractivity contribution in [3.05, 3.63) is 76.9 Å². The van der Waals surface area contributed by atoms with Crippen molar-refractivity contribution in [2.75, 3.05) is 43.0 Å². The Morgan fingerprint density at radius 2 is 1.92 bits per heavy atom. The van der Waals surface area contributed by atoms with Gasteiger partial charge in [0, 0.05) is 43.1 Å². The summed E-state index contributed by atoms with van der Waals surface area (Å²) in [6, 6.07) is 13.2. The minimum absolute atomic E-state index is 0.0185. The molecule has 4 N–H and O–H groups in total. The minimum Gasteiger partial charge on any atom is -0.390 e. The highest BCUT2D eigenvalue weighted by atomic mass is 32.2. The Balaban J connectivity index is 1.35. The lowest BCUT2D eigenvalue weighted by molar-refractivity contribution is -0.110. The zero-order valence-corrected chi connectivity index (χ0v) is 22.1. The first kappa shape index (κ1) is 26.8. The van der Waals surface area contributed by atoms with E-state index in [4.69, 9.17) is 0 Å². The van der Waals surface area contributed by atoms with Crippen LogP contribution in [0.1, 0.15) is 27.3 Å². The van der Waals surface area contributed by atoms with E-state index in [2.05, 4.69) is 15.6 Å². The second-order valence-corrected chi connectivity index (χ2v) is 12.2. The Morgan fingerprint density at radius 3 is 2.67 bits per heavy atom. The number of rotatable bonds is 7. The molecule has 2 aliphatic heterocycles. The van der Waals surface area contributed by atoms with Crippen LogP contribution in [0.3, 0.4) is 0 Å². The van der Waals surface area contributed by atoms with E-state index in [0.29, 0.717) is 58.0 Å². The number of benzene rings is 2. The van der Waals surface area contributed by atoms with Crippen molar-refractivity contribution >= 4 is 39.0 Å². The van der Waals surface area contributed by atoms with Crippen LogP contribution < -0.4 is 10.6 Å². The van der Waals surface area contributed by atoms with Crippen LogP contribution in [-0.2, 0) is 14.6 Å². The molecule has 9 nitrogen and oxygen atoms in total. The lowest BCUT2D eigenvalue weighted by Gasteiger charge is -2.28. The molecule has 0 radical (unpaired) electrons. The number of carbonyl (C=O) groups is 2. The van der Waals surface area contributed by atoms with Crippen LogP contribution in [-0.4, -0.2) is 79.0 Å². The third kappa shape index (κ3) is 5.95. The molecular weight excluding hydrogens is 523 g/mol. The van der Waals surface area contributed by atoms with E-state index < -0.39 is 21.8 Å². The number of amides is 2. The van der Waals surface area contributed by atoms with Crippen LogP contribution in [0, 0.1) is 12.7 Å². The summed E-state index contributed by atoms with van der Waals surface area (Å²) in [6.07, 6.45) is 0.731. The molecule has 1 unspecified atom stereocenters. The molecule has 1 atom stereocenters. The highest BCUT2D eigenvalue weighted by Gasteiger charge is 2.29. The first-order valence-corrected chi connectivity index (χ1v) is 14.4. The molecule has 1 fully saturated rings. The Morgan fingerprint density at radius 1 is 1.18 bits per heavy atom. The quantitative estimate of drug-likeness (QED) is 0.333. The maximum Gasteiger partial charge on any atom is 0.256 e. The number of anilines is 1. The van der Waals surface area contributed by atoms with Gasteiger partial charge in [-0.2, -0.15) is 0 Å². The number of aryl methyl sites for hydroxylation is 1. The highest BCUT2D eigenvalue weighted by molar-refractivity contribution is 7.91. The monoisotopic (exact) mass is 552 g/mol. The number of aliphatic hydroxyl groups is 1. The van der Waals surface area contributed by atoms with Crippen LogP contribution in [0.4, 0.5) is 10.1 Å². The maximum absolute atomic E-state index is 14.0. The molecule has 2 aromatic carbocycles. The lowest BCUT2D eigenvalue weighted by Crippen LogP contribution is -2.46. The fraction of sp³-hybridized carbons (Fsp3) is 0.286. The van der Waals surface area contributed by atoms with Gasteiger partial charge in [-0.15, -0.1) is 0 Å². The molecule has 0 aliphatic carbocycles. The molecule has 0 spiro atoms. The van der Waals surface area contributed by atoms with Gasteiger partial charge < -0.3 is 20.7 Å². The van der Waals surface area contributed by atoms with Crippen LogP contribution >= 0.6 is 0 Å². The number of nitrogens with zero attached hydrogens (tertiary/aromatic N) is 1. The van der Waals surface area contributed by atoms with Gasteiger partial charge in [0.2, 0.25) is 0 Å². The van der Waals surface area contributed by atoms with E-state index in [1.807, 2.05) is 11.0 Å². The summed E-state index contributed by atoms with van der Waals surface area (Å²) in [5, 5.41) is 16.0. The number of nitrogens with one attached hydrogen (secondary N) is 3. The minimum atomic E-state index is -3.02. The number of sulfone groups is 1. The van der Waals surface area contributed by atoms with Crippen LogP contribution in [0.2, 0.25) is 0 Å². The van der Waals surface area contributed by atoms with Crippen molar-refractivity contribution in [1.82, 2.24) is 15.2 Å². The second kappa shape index (κ2) is 10.8. The van der Waals surface area contributed by atoms with Gasteiger partial charge in [0.15, 0.2) is 9.84 Å². The van der Waals surface area contributed by atoms with Crippen molar-refractivity contribution in [1.29, 1.82) is 0 Å². The molecular formula is C28H29FN4O5S. The SMILES string of the molecule is Cc1cc(C(=O)NCC(O)CN2CCS(=O)(=O)CC2)c(C=C2C(=O)Nc3cccc(-c4cccc(F)c4)c32)[nH]1. The molecule has 3 aromatic rings. The number of β-amino-alcohol motifs (C(OH)–C–C–N with tert-alkyl or cyclic N) is 1. The maximum atomic E-state index is 14.0. The van der Waals surface area contributed by atoms with E-state index >= 15 is 0 Å². The van der Waals surface area contributed by atoms with Gasteiger partial charge in [0.25, 0.3) is 11.8 Å². The third-order valence-electron chi connectivity index (χ3n) is 6.88. The average Bonchev–Trinajstić information content (AvgIpc) is 3.42. The smallest absolute Gasteiger partial charge is 0.256 e. The summed E-state index contributed by atoms with van der Waals surface area (Å²) in [6.45, 7) is 2.72. The summed E-state index contributed by atoms with van der Waals surface area (Å²) in [5.41, 5.74) is 4.28. The zero-order valence-electron chi connectivity index (χ0n) is 21.3. The van der Waals surface area contributed by atoms with Crippen LogP contribution in [0.15, 0.2) is 48.5 Å². The van der Waals surface area contributed by atoms with Crippen molar-refractivity contribution in [2.24, 2.45) is 0 Å². The molecule has 11 heteroatoms. The summed E-state index contributed by atoms with van der Waals surface area (Å²) in [4.78, 5) is 31.0.